The van der Waals surface area contributed by atoms with Gasteiger partial charge in [0, 0.05) is 20.5 Å². The number of nitrogens with zero attached hydrogens (tertiary/aromatic N) is 3. The van der Waals surface area contributed by atoms with Gasteiger partial charge in [0.05, 0.1) is 20.6 Å². The maximum absolute atomic E-state index is 12.4. The lowest BCUT2D eigenvalue weighted by Gasteiger charge is -2.23. The van der Waals surface area contributed by atoms with Gasteiger partial charge in [-0.25, -0.2) is 0 Å². The first kappa shape index (κ1) is 19.2. The Hall–Kier alpha value is -2.57. The Bertz CT molecular complexity index is 785. The predicted molar refractivity (Wildman–Crippen MR) is 100 cm³/mol. The lowest BCUT2D eigenvalue weighted by atomic mass is 9.90. The number of rotatable bonds is 9. The van der Waals surface area contributed by atoms with Crippen molar-refractivity contribution in [3.63, 3.8) is 0 Å². The molecule has 0 aliphatic heterocycles. The lowest BCUT2D eigenvalue weighted by molar-refractivity contribution is -0.129. The van der Waals surface area contributed by atoms with E-state index in [1.54, 1.807) is 26.0 Å². The van der Waals surface area contributed by atoms with Crippen LogP contribution in [0, 0.1) is 12.8 Å². The van der Waals surface area contributed by atoms with E-state index in [1.807, 2.05) is 13.1 Å². The van der Waals surface area contributed by atoms with Crippen molar-refractivity contribution in [1.82, 2.24) is 15.0 Å². The summed E-state index contributed by atoms with van der Waals surface area (Å²) >= 11 is 0. The second-order valence-corrected chi connectivity index (χ2v) is 7.07. The fourth-order valence-corrected chi connectivity index (χ4v) is 3.40. The molecule has 1 amide bonds. The van der Waals surface area contributed by atoms with Crippen LogP contribution in [0.5, 0.6) is 11.5 Å². The minimum absolute atomic E-state index is 0.00217. The van der Waals surface area contributed by atoms with Crippen LogP contribution < -0.4 is 9.47 Å². The summed E-state index contributed by atoms with van der Waals surface area (Å²) in [7, 11) is 5.12. The Labute approximate surface area is 159 Å². The number of aromatic nitrogens is 2. The van der Waals surface area contributed by atoms with E-state index in [2.05, 4.69) is 22.3 Å². The van der Waals surface area contributed by atoms with Crippen LogP contribution in [-0.2, 0) is 11.2 Å². The van der Waals surface area contributed by atoms with Gasteiger partial charge in [-0.05, 0) is 48.8 Å². The van der Waals surface area contributed by atoms with Crippen molar-refractivity contribution in [3.05, 3.63) is 35.5 Å². The van der Waals surface area contributed by atoms with Crippen molar-refractivity contribution < 1.29 is 18.8 Å². The standard InChI is InChI=1S/C20H27N3O4/c1-13-21-19(22-27-13)12-20(24)23(2)10-9-16(14-5-6-14)15-7-8-17(25-3)18(11-15)26-4/h7-8,11,14,16H,5-6,9-10,12H2,1-4H3. The van der Waals surface area contributed by atoms with Crippen LogP contribution in [0.3, 0.4) is 0 Å². The summed E-state index contributed by atoms with van der Waals surface area (Å²) in [6, 6.07) is 6.12. The Morgan fingerprint density at radius 2 is 2.04 bits per heavy atom. The molecule has 1 heterocycles. The molecule has 0 N–H and O–H groups in total. The predicted octanol–water partition coefficient (Wildman–Crippen LogP) is 2.98. The second-order valence-electron chi connectivity index (χ2n) is 7.07. The van der Waals surface area contributed by atoms with E-state index in [4.69, 9.17) is 14.0 Å². The number of hydrogen-bond acceptors (Lipinski definition) is 6. The molecule has 0 bridgehead atoms. The summed E-state index contributed by atoms with van der Waals surface area (Å²) in [5.41, 5.74) is 1.24. The highest BCUT2D eigenvalue weighted by molar-refractivity contribution is 5.77. The van der Waals surface area contributed by atoms with E-state index in [9.17, 15) is 4.79 Å². The number of hydrogen-bond donors (Lipinski definition) is 0. The van der Waals surface area contributed by atoms with E-state index in [0.717, 1.165) is 17.9 Å². The molecule has 3 rings (SSSR count). The molecule has 0 saturated heterocycles. The molecular formula is C20H27N3O4. The third kappa shape index (κ3) is 4.78. The van der Waals surface area contributed by atoms with E-state index in [1.165, 1.54) is 18.4 Å². The molecule has 1 aromatic carbocycles. The van der Waals surface area contributed by atoms with Crippen LogP contribution in [0.1, 0.15) is 42.5 Å². The molecule has 1 aromatic heterocycles. The van der Waals surface area contributed by atoms with Gasteiger partial charge < -0.3 is 18.9 Å². The lowest BCUT2D eigenvalue weighted by Crippen LogP contribution is -2.30. The number of carbonyl (C=O) groups is 1. The third-order valence-electron chi connectivity index (χ3n) is 5.11. The number of aryl methyl sites for hydroxylation is 1. The van der Waals surface area contributed by atoms with E-state index < -0.39 is 0 Å². The van der Waals surface area contributed by atoms with Crippen LogP contribution in [0.15, 0.2) is 22.7 Å². The average Bonchev–Trinajstić information content (AvgIpc) is 3.43. The second kappa shape index (κ2) is 8.41. The summed E-state index contributed by atoms with van der Waals surface area (Å²) < 4.78 is 15.7. The van der Waals surface area contributed by atoms with Crippen molar-refractivity contribution in [3.8, 4) is 11.5 Å². The zero-order chi connectivity index (χ0) is 19.4. The quantitative estimate of drug-likeness (QED) is 0.672. The maximum atomic E-state index is 12.4. The van der Waals surface area contributed by atoms with Gasteiger partial charge in [-0.2, -0.15) is 4.98 Å². The average molecular weight is 373 g/mol. The van der Waals surface area contributed by atoms with Crippen molar-refractivity contribution in [2.24, 2.45) is 5.92 Å². The Morgan fingerprint density at radius 1 is 1.30 bits per heavy atom. The number of methoxy groups -OCH3 is 2. The van der Waals surface area contributed by atoms with Crippen LogP contribution in [-0.4, -0.2) is 48.8 Å². The maximum Gasteiger partial charge on any atom is 0.230 e. The molecule has 27 heavy (non-hydrogen) atoms. The topological polar surface area (TPSA) is 77.7 Å². The molecule has 7 nitrogen and oxygen atoms in total. The van der Waals surface area contributed by atoms with Gasteiger partial charge in [0.1, 0.15) is 0 Å². The Morgan fingerprint density at radius 3 is 2.63 bits per heavy atom. The molecule has 1 fully saturated rings. The molecule has 1 atom stereocenters. The first-order chi connectivity index (χ1) is 13.0. The fourth-order valence-electron chi connectivity index (χ4n) is 3.40. The SMILES string of the molecule is COc1ccc(C(CCN(C)C(=O)Cc2noc(C)n2)C2CC2)cc1OC. The molecule has 1 aliphatic rings. The van der Waals surface area contributed by atoms with Crippen LogP contribution in [0.2, 0.25) is 0 Å². The Kier molecular flexibility index (Phi) is 5.98. The molecular weight excluding hydrogens is 346 g/mol. The summed E-state index contributed by atoms with van der Waals surface area (Å²) in [6.07, 6.45) is 3.55. The minimum Gasteiger partial charge on any atom is -0.493 e. The molecule has 1 unspecified atom stereocenters. The van der Waals surface area contributed by atoms with Crippen molar-refractivity contribution in [2.45, 2.75) is 38.5 Å². The summed E-state index contributed by atoms with van der Waals surface area (Å²) in [6.45, 7) is 2.40. The van der Waals surface area contributed by atoms with Gasteiger partial charge >= 0.3 is 0 Å². The first-order valence-corrected chi connectivity index (χ1v) is 9.27. The van der Waals surface area contributed by atoms with Gasteiger partial charge in [0.2, 0.25) is 11.8 Å². The van der Waals surface area contributed by atoms with Gasteiger partial charge in [-0.3, -0.25) is 4.79 Å². The monoisotopic (exact) mass is 373 g/mol. The fraction of sp³-hybridized carbons (Fsp3) is 0.550. The number of benzene rings is 1. The smallest absolute Gasteiger partial charge is 0.230 e. The molecule has 0 spiro atoms. The molecule has 146 valence electrons. The van der Waals surface area contributed by atoms with E-state index in [-0.39, 0.29) is 12.3 Å². The number of ether oxygens (including phenoxy) is 2. The molecule has 2 aromatic rings. The van der Waals surface area contributed by atoms with Crippen LogP contribution in [0.4, 0.5) is 0 Å². The van der Waals surface area contributed by atoms with Crippen LogP contribution in [0.25, 0.3) is 0 Å². The normalized spacial score (nSPS) is 14.7. The van der Waals surface area contributed by atoms with Crippen molar-refractivity contribution >= 4 is 5.91 Å². The third-order valence-corrected chi connectivity index (χ3v) is 5.11. The van der Waals surface area contributed by atoms with Gasteiger partial charge in [0.25, 0.3) is 0 Å². The zero-order valence-corrected chi connectivity index (χ0v) is 16.4. The number of carbonyl (C=O) groups excluding carboxylic acids is 1. The van der Waals surface area contributed by atoms with Crippen molar-refractivity contribution in [1.29, 1.82) is 0 Å². The highest BCUT2D eigenvalue weighted by Gasteiger charge is 2.33. The first-order valence-electron chi connectivity index (χ1n) is 9.27. The van der Waals surface area contributed by atoms with Gasteiger partial charge in [-0.15, -0.1) is 0 Å². The largest absolute Gasteiger partial charge is 0.493 e. The molecule has 0 radical (unpaired) electrons. The van der Waals surface area contributed by atoms with E-state index in [0.29, 0.717) is 30.1 Å². The number of likely N-dealkylation sites (N-methyl/N-ethyl adjacent to an activating group) is 1. The molecule has 7 heteroatoms. The van der Waals surface area contributed by atoms with Gasteiger partial charge in [0.15, 0.2) is 17.3 Å². The number of amides is 1. The van der Waals surface area contributed by atoms with E-state index >= 15 is 0 Å². The molecule has 1 aliphatic carbocycles. The molecule has 1 saturated carbocycles. The van der Waals surface area contributed by atoms with Gasteiger partial charge in [-0.1, -0.05) is 11.2 Å². The van der Waals surface area contributed by atoms with Crippen LogP contribution >= 0.6 is 0 Å². The summed E-state index contributed by atoms with van der Waals surface area (Å²) in [5.74, 6) is 3.47. The summed E-state index contributed by atoms with van der Waals surface area (Å²) in [5, 5.41) is 3.80. The highest BCUT2D eigenvalue weighted by Crippen LogP contribution is 2.46. The minimum atomic E-state index is -0.00217. The highest BCUT2D eigenvalue weighted by atomic mass is 16.5. The summed E-state index contributed by atoms with van der Waals surface area (Å²) in [4.78, 5) is 18.3. The van der Waals surface area contributed by atoms with Crippen molar-refractivity contribution in [2.75, 3.05) is 27.8 Å². The zero-order valence-electron chi connectivity index (χ0n) is 16.4. The Balaban J connectivity index is 1.62.